The fourth-order valence-electron chi connectivity index (χ4n) is 2.13. The minimum Gasteiger partial charge on any atom is -0.497 e. The summed E-state index contributed by atoms with van der Waals surface area (Å²) in [6.45, 7) is 3.75. The van der Waals surface area contributed by atoms with E-state index in [0.717, 1.165) is 24.3 Å². The summed E-state index contributed by atoms with van der Waals surface area (Å²) in [7, 11) is 1.63. The highest BCUT2D eigenvalue weighted by atomic mass is 79.9. The van der Waals surface area contributed by atoms with E-state index >= 15 is 0 Å². The van der Waals surface area contributed by atoms with Crippen LogP contribution in [0, 0.1) is 5.82 Å². The second-order valence-electron chi connectivity index (χ2n) is 4.78. The highest BCUT2D eigenvalue weighted by Crippen LogP contribution is 2.30. The molecule has 0 bridgehead atoms. The molecule has 3 nitrogen and oxygen atoms in total. The van der Waals surface area contributed by atoms with Gasteiger partial charge in [0.05, 0.1) is 23.3 Å². The average molecular weight is 365 g/mol. The lowest BCUT2D eigenvalue weighted by atomic mass is 10.1. The third kappa shape index (κ3) is 4.07. The Balaban J connectivity index is 2.25. The first-order valence-corrected chi connectivity index (χ1v) is 7.76. The van der Waals surface area contributed by atoms with Crippen LogP contribution in [0.1, 0.15) is 24.6 Å². The highest BCUT2D eigenvalue weighted by molar-refractivity contribution is 9.10. The van der Waals surface area contributed by atoms with Crippen molar-refractivity contribution in [1.82, 2.24) is 4.98 Å². The Bertz CT molecular complexity index is 631. The zero-order valence-corrected chi connectivity index (χ0v) is 13.9. The van der Waals surface area contributed by atoms with Gasteiger partial charge >= 0.3 is 0 Å². The molecule has 2 aromatic rings. The van der Waals surface area contributed by atoms with Crippen molar-refractivity contribution in [2.45, 2.75) is 18.9 Å². The van der Waals surface area contributed by atoms with Gasteiger partial charge in [-0.15, -0.1) is 6.58 Å². The fraction of sp³-hybridized carbons (Fsp3) is 0.235. The van der Waals surface area contributed by atoms with Crippen LogP contribution in [0.3, 0.4) is 0 Å². The Kier molecular flexibility index (Phi) is 5.95. The molecule has 5 heteroatoms. The smallest absolute Gasteiger partial charge is 0.140 e. The Hall–Kier alpha value is -1.88. The summed E-state index contributed by atoms with van der Waals surface area (Å²) in [5.41, 5.74) is 1.57. The summed E-state index contributed by atoms with van der Waals surface area (Å²) < 4.78 is 19.3. The second kappa shape index (κ2) is 7.94. The van der Waals surface area contributed by atoms with E-state index in [-0.39, 0.29) is 11.9 Å². The lowest BCUT2D eigenvalue weighted by Gasteiger charge is -2.20. The number of hydrogen-bond donors (Lipinski definition) is 1. The third-order valence-electron chi connectivity index (χ3n) is 3.29. The van der Waals surface area contributed by atoms with E-state index in [1.54, 1.807) is 7.11 Å². The number of pyridine rings is 1. The van der Waals surface area contributed by atoms with Crippen molar-refractivity contribution in [2.24, 2.45) is 0 Å². The summed E-state index contributed by atoms with van der Waals surface area (Å²) in [4.78, 5) is 4.31. The molecule has 0 amide bonds. The number of methoxy groups -OCH3 is 1. The molecule has 22 heavy (non-hydrogen) atoms. The van der Waals surface area contributed by atoms with Crippen LogP contribution in [0.5, 0.6) is 5.75 Å². The van der Waals surface area contributed by atoms with Gasteiger partial charge in [-0.05, 0) is 59.1 Å². The number of allylic oxidation sites excluding steroid dienone is 1. The summed E-state index contributed by atoms with van der Waals surface area (Å²) >= 11 is 3.29. The fourth-order valence-corrected chi connectivity index (χ4v) is 2.64. The number of halogens is 2. The predicted molar refractivity (Wildman–Crippen MR) is 90.7 cm³/mol. The van der Waals surface area contributed by atoms with Crippen LogP contribution in [0.25, 0.3) is 0 Å². The van der Waals surface area contributed by atoms with Crippen molar-refractivity contribution in [2.75, 3.05) is 12.4 Å². The Morgan fingerprint density at radius 3 is 2.73 bits per heavy atom. The first-order valence-electron chi connectivity index (χ1n) is 6.97. The number of aromatic nitrogens is 1. The van der Waals surface area contributed by atoms with E-state index in [0.29, 0.717) is 10.2 Å². The van der Waals surface area contributed by atoms with Crippen molar-refractivity contribution in [3.8, 4) is 5.75 Å². The van der Waals surface area contributed by atoms with E-state index in [4.69, 9.17) is 4.74 Å². The summed E-state index contributed by atoms with van der Waals surface area (Å²) in [6, 6.07) is 8.82. The maximum atomic E-state index is 13.7. The number of rotatable bonds is 7. The maximum Gasteiger partial charge on any atom is 0.140 e. The van der Waals surface area contributed by atoms with Gasteiger partial charge in [0.25, 0.3) is 0 Å². The van der Waals surface area contributed by atoms with Crippen LogP contribution in [0.2, 0.25) is 0 Å². The number of hydrogen-bond acceptors (Lipinski definition) is 3. The van der Waals surface area contributed by atoms with E-state index < -0.39 is 0 Å². The van der Waals surface area contributed by atoms with Crippen molar-refractivity contribution < 1.29 is 9.13 Å². The van der Waals surface area contributed by atoms with E-state index in [1.807, 2.05) is 30.3 Å². The number of ether oxygens (including phenoxy) is 1. The minimum absolute atomic E-state index is 0.114. The number of benzene rings is 1. The Labute approximate surface area is 138 Å². The molecular formula is C17H18BrFN2O. The largest absolute Gasteiger partial charge is 0.497 e. The average Bonchev–Trinajstić information content (AvgIpc) is 2.55. The van der Waals surface area contributed by atoms with Crippen molar-refractivity contribution >= 4 is 21.6 Å². The molecule has 1 atom stereocenters. The first-order chi connectivity index (χ1) is 10.7. The van der Waals surface area contributed by atoms with Gasteiger partial charge in [0, 0.05) is 11.9 Å². The quantitative estimate of drug-likeness (QED) is 0.693. The molecular weight excluding hydrogens is 347 g/mol. The standard InChI is InChI=1S/C17H18BrFN2O/c1-3-4-5-15(17-16(18)14(19)10-11-20-17)21-12-6-8-13(22-2)9-7-12/h3,6-11,15,21H,1,4-5H2,2H3/t15-/m1/s1. The third-order valence-corrected chi connectivity index (χ3v) is 4.07. The molecule has 0 aliphatic rings. The molecule has 0 aliphatic heterocycles. The van der Waals surface area contributed by atoms with Crippen LogP contribution in [-0.2, 0) is 0 Å². The Morgan fingerprint density at radius 2 is 2.09 bits per heavy atom. The van der Waals surface area contributed by atoms with Gasteiger partial charge in [-0.25, -0.2) is 4.39 Å². The lowest BCUT2D eigenvalue weighted by molar-refractivity contribution is 0.415. The highest BCUT2D eigenvalue weighted by Gasteiger charge is 2.18. The molecule has 0 unspecified atom stereocenters. The zero-order chi connectivity index (χ0) is 15.9. The normalized spacial score (nSPS) is 11.8. The van der Waals surface area contributed by atoms with E-state index in [1.165, 1.54) is 12.3 Å². The molecule has 0 fully saturated rings. The van der Waals surface area contributed by atoms with Crippen molar-refractivity contribution in [1.29, 1.82) is 0 Å². The predicted octanol–water partition coefficient (Wildman–Crippen LogP) is 5.11. The monoisotopic (exact) mass is 364 g/mol. The van der Waals surface area contributed by atoms with E-state index in [9.17, 15) is 4.39 Å². The lowest BCUT2D eigenvalue weighted by Crippen LogP contribution is -2.13. The molecule has 116 valence electrons. The van der Waals surface area contributed by atoms with Crippen LogP contribution in [-0.4, -0.2) is 12.1 Å². The minimum atomic E-state index is -0.315. The van der Waals surface area contributed by atoms with Gasteiger partial charge < -0.3 is 10.1 Å². The van der Waals surface area contributed by atoms with Crippen molar-refractivity contribution in [3.05, 3.63) is 65.2 Å². The van der Waals surface area contributed by atoms with Gasteiger partial charge in [-0.1, -0.05) is 6.08 Å². The molecule has 0 spiro atoms. The number of nitrogens with zero attached hydrogens (tertiary/aromatic N) is 1. The summed E-state index contributed by atoms with van der Waals surface area (Å²) in [6.07, 6.45) is 4.89. The molecule has 1 heterocycles. The molecule has 0 aliphatic carbocycles. The molecule has 1 aromatic heterocycles. The van der Waals surface area contributed by atoms with Crippen molar-refractivity contribution in [3.63, 3.8) is 0 Å². The van der Waals surface area contributed by atoms with Gasteiger partial charge in [-0.3, -0.25) is 4.98 Å². The molecule has 1 aromatic carbocycles. The van der Waals surface area contributed by atoms with Gasteiger partial charge in [0.1, 0.15) is 11.6 Å². The molecule has 1 N–H and O–H groups in total. The van der Waals surface area contributed by atoms with E-state index in [2.05, 4.69) is 32.8 Å². The van der Waals surface area contributed by atoms with Crippen LogP contribution in [0.15, 0.2) is 53.7 Å². The number of nitrogens with one attached hydrogen (secondary N) is 1. The summed E-state index contributed by atoms with van der Waals surface area (Å²) in [5.74, 6) is 0.475. The first kappa shape index (κ1) is 16.5. The maximum absolute atomic E-state index is 13.7. The molecule has 2 rings (SSSR count). The topological polar surface area (TPSA) is 34.1 Å². The van der Waals surface area contributed by atoms with Gasteiger partial charge in [-0.2, -0.15) is 0 Å². The second-order valence-corrected chi connectivity index (χ2v) is 5.58. The SMILES string of the molecule is C=CCC[C@@H](Nc1ccc(OC)cc1)c1nccc(F)c1Br. The zero-order valence-electron chi connectivity index (χ0n) is 12.4. The number of anilines is 1. The molecule has 0 radical (unpaired) electrons. The van der Waals surface area contributed by atoms with Crippen LogP contribution < -0.4 is 10.1 Å². The van der Waals surface area contributed by atoms with Crippen LogP contribution >= 0.6 is 15.9 Å². The molecule has 0 saturated carbocycles. The van der Waals surface area contributed by atoms with Gasteiger partial charge in [0.2, 0.25) is 0 Å². The summed E-state index contributed by atoms with van der Waals surface area (Å²) in [5, 5.41) is 3.39. The van der Waals surface area contributed by atoms with Crippen LogP contribution in [0.4, 0.5) is 10.1 Å². The molecule has 0 saturated heterocycles. The van der Waals surface area contributed by atoms with Gasteiger partial charge in [0.15, 0.2) is 0 Å². The Morgan fingerprint density at radius 1 is 1.36 bits per heavy atom.